The van der Waals surface area contributed by atoms with Crippen LogP contribution in [0.15, 0.2) is 41.8 Å². The summed E-state index contributed by atoms with van der Waals surface area (Å²) < 4.78 is 13.4. The van der Waals surface area contributed by atoms with Gasteiger partial charge in [0.25, 0.3) is 5.91 Å². The Labute approximate surface area is 174 Å². The molecule has 1 aromatic carbocycles. The van der Waals surface area contributed by atoms with Crippen molar-refractivity contribution < 1.29 is 14.0 Å². The summed E-state index contributed by atoms with van der Waals surface area (Å²) in [6.07, 6.45) is 2.62. The van der Waals surface area contributed by atoms with E-state index in [9.17, 15) is 14.0 Å². The lowest BCUT2D eigenvalue weighted by Gasteiger charge is -2.22. The molecule has 2 aromatic rings. The van der Waals surface area contributed by atoms with Crippen molar-refractivity contribution >= 4 is 23.2 Å². The highest BCUT2D eigenvalue weighted by Crippen LogP contribution is 2.24. The zero-order chi connectivity index (χ0) is 20.8. The molecule has 1 fully saturated rings. The Morgan fingerprint density at radius 1 is 1.17 bits per heavy atom. The first kappa shape index (κ1) is 21.4. The molecule has 0 spiro atoms. The van der Waals surface area contributed by atoms with Gasteiger partial charge in [-0.05, 0) is 48.4 Å². The molecule has 2 atom stereocenters. The van der Waals surface area contributed by atoms with E-state index in [1.54, 1.807) is 37.2 Å². The van der Waals surface area contributed by atoms with Crippen LogP contribution in [-0.2, 0) is 4.79 Å². The molecule has 2 N–H and O–H groups in total. The van der Waals surface area contributed by atoms with Crippen molar-refractivity contribution in [1.82, 2.24) is 20.7 Å². The second-order valence-corrected chi connectivity index (χ2v) is 8.37. The number of carbonyl (C=O) groups excluding carboxylic acids is 2. The maximum Gasteiger partial charge on any atom is 0.264 e. The summed E-state index contributed by atoms with van der Waals surface area (Å²) in [5.41, 5.74) is 7.42. The number of carbonyl (C=O) groups is 2. The van der Waals surface area contributed by atoms with Gasteiger partial charge in [-0.15, -0.1) is 11.3 Å². The van der Waals surface area contributed by atoms with E-state index in [1.807, 2.05) is 17.5 Å². The predicted octanol–water partition coefficient (Wildman–Crippen LogP) is 2.81. The Balaban J connectivity index is 1.38. The van der Waals surface area contributed by atoms with Crippen LogP contribution in [0.1, 0.15) is 40.5 Å². The van der Waals surface area contributed by atoms with Crippen molar-refractivity contribution in [2.24, 2.45) is 0 Å². The molecule has 0 bridgehead atoms. The average Bonchev–Trinajstić information content (AvgIpc) is 3.39. The first-order chi connectivity index (χ1) is 13.9. The molecule has 6 nitrogen and oxygen atoms in total. The number of hydrogen-bond acceptors (Lipinski definition) is 5. The molecule has 1 aromatic heterocycles. The Morgan fingerprint density at radius 3 is 2.72 bits per heavy atom. The van der Waals surface area contributed by atoms with Gasteiger partial charge in [0.05, 0.1) is 11.4 Å². The van der Waals surface area contributed by atoms with Crippen LogP contribution in [0.5, 0.6) is 0 Å². The fourth-order valence-corrected chi connectivity index (χ4v) is 4.15. The van der Waals surface area contributed by atoms with E-state index in [1.165, 1.54) is 22.3 Å². The zero-order valence-electron chi connectivity index (χ0n) is 16.7. The smallest absolute Gasteiger partial charge is 0.264 e. The third kappa shape index (κ3) is 5.85. The van der Waals surface area contributed by atoms with E-state index in [4.69, 9.17) is 0 Å². The van der Waals surface area contributed by atoms with Gasteiger partial charge < -0.3 is 9.80 Å². The van der Waals surface area contributed by atoms with Gasteiger partial charge in [-0.2, -0.15) is 0 Å². The van der Waals surface area contributed by atoms with Gasteiger partial charge in [-0.1, -0.05) is 18.2 Å². The lowest BCUT2D eigenvalue weighted by Crippen LogP contribution is -2.39. The predicted molar refractivity (Wildman–Crippen MR) is 112 cm³/mol. The van der Waals surface area contributed by atoms with E-state index in [0.717, 1.165) is 24.8 Å². The highest BCUT2D eigenvalue weighted by atomic mass is 32.1. The molecular formula is C21H27FN4O2S. The van der Waals surface area contributed by atoms with Crippen molar-refractivity contribution in [3.05, 3.63) is 58.0 Å². The van der Waals surface area contributed by atoms with Gasteiger partial charge in [0.2, 0.25) is 5.91 Å². The highest BCUT2D eigenvalue weighted by molar-refractivity contribution is 7.12. The number of likely N-dealkylation sites (N-methyl/N-ethyl adjacent to an activating group) is 2. The Hall–Kier alpha value is -2.29. The van der Waals surface area contributed by atoms with E-state index in [-0.39, 0.29) is 36.3 Å². The summed E-state index contributed by atoms with van der Waals surface area (Å²) in [6, 6.07) is 10.6. The number of halogens is 1. The van der Waals surface area contributed by atoms with Crippen molar-refractivity contribution in [2.45, 2.75) is 31.3 Å². The monoisotopic (exact) mass is 418 g/mol. The number of thiophene rings is 1. The first-order valence-electron chi connectivity index (χ1n) is 9.73. The average molecular weight is 419 g/mol. The van der Waals surface area contributed by atoms with Gasteiger partial charge in [0, 0.05) is 32.7 Å². The molecule has 2 heterocycles. The van der Waals surface area contributed by atoms with E-state index in [2.05, 4.69) is 10.9 Å². The molecule has 1 aliphatic rings. The van der Waals surface area contributed by atoms with Crippen molar-refractivity contribution in [2.75, 3.05) is 27.2 Å². The second-order valence-electron chi connectivity index (χ2n) is 7.42. The van der Waals surface area contributed by atoms with Crippen molar-refractivity contribution in [3.8, 4) is 0 Å². The molecule has 29 heavy (non-hydrogen) atoms. The van der Waals surface area contributed by atoms with Crippen LogP contribution in [0.2, 0.25) is 0 Å². The Morgan fingerprint density at radius 2 is 2.00 bits per heavy atom. The molecule has 156 valence electrons. The largest absolute Gasteiger partial charge is 0.344 e. The van der Waals surface area contributed by atoms with Crippen LogP contribution in [0, 0.1) is 5.82 Å². The molecule has 0 radical (unpaired) electrons. The molecule has 1 saturated heterocycles. The number of hydrogen-bond donors (Lipinski definition) is 2. The quantitative estimate of drug-likeness (QED) is 0.692. The molecule has 0 saturated carbocycles. The van der Waals surface area contributed by atoms with Crippen molar-refractivity contribution in [1.29, 1.82) is 0 Å². The Kier molecular flexibility index (Phi) is 7.35. The molecule has 2 unspecified atom stereocenters. The molecule has 2 amide bonds. The maximum absolute atomic E-state index is 13.4. The summed E-state index contributed by atoms with van der Waals surface area (Å²) in [4.78, 5) is 28.4. The summed E-state index contributed by atoms with van der Waals surface area (Å²) in [6.45, 7) is 0.695. The number of nitrogens with one attached hydrogen (secondary N) is 2. The third-order valence-electron chi connectivity index (χ3n) is 5.16. The minimum Gasteiger partial charge on any atom is -0.344 e. The van der Waals surface area contributed by atoms with Gasteiger partial charge in [0.1, 0.15) is 5.82 Å². The number of amides is 2. The lowest BCUT2D eigenvalue weighted by atomic mass is 9.99. The van der Waals surface area contributed by atoms with Crippen LogP contribution < -0.4 is 10.9 Å². The van der Waals surface area contributed by atoms with Gasteiger partial charge in [0.15, 0.2) is 0 Å². The molecule has 8 heteroatoms. The summed E-state index contributed by atoms with van der Waals surface area (Å²) in [5.74, 6) is -0.436. The van der Waals surface area contributed by atoms with Crippen LogP contribution in [0.3, 0.4) is 0 Å². The van der Waals surface area contributed by atoms with Crippen LogP contribution in [0.4, 0.5) is 4.39 Å². The highest BCUT2D eigenvalue weighted by Gasteiger charge is 2.25. The standard InChI is InChI=1S/C21H27FN4O2S/c1-25(20(27)14-26(2)21(28)19-9-5-11-29-19)10-4-8-17-13-18(24-23-17)15-6-3-7-16(22)12-15/h3,5-7,9,11-12,17-18,23-24H,4,8,10,13-14H2,1-2H3. The van der Waals surface area contributed by atoms with E-state index >= 15 is 0 Å². The molecule has 1 aliphatic heterocycles. The zero-order valence-corrected chi connectivity index (χ0v) is 17.5. The summed E-state index contributed by atoms with van der Waals surface area (Å²) in [5, 5.41) is 1.85. The SMILES string of the molecule is CN(CCCC1CC(c2cccc(F)c2)NN1)C(=O)CN(C)C(=O)c1cccs1. The molecule has 0 aliphatic carbocycles. The first-order valence-corrected chi connectivity index (χ1v) is 10.6. The van der Waals surface area contributed by atoms with E-state index in [0.29, 0.717) is 11.4 Å². The van der Waals surface area contributed by atoms with Gasteiger partial charge >= 0.3 is 0 Å². The number of benzene rings is 1. The fraction of sp³-hybridized carbons (Fsp3) is 0.429. The van der Waals surface area contributed by atoms with Gasteiger partial charge in [-0.25, -0.2) is 4.39 Å². The number of nitrogens with zero attached hydrogens (tertiary/aromatic N) is 2. The van der Waals surface area contributed by atoms with Crippen molar-refractivity contribution in [3.63, 3.8) is 0 Å². The van der Waals surface area contributed by atoms with Crippen LogP contribution in [0.25, 0.3) is 0 Å². The fourth-order valence-electron chi connectivity index (χ4n) is 3.44. The van der Waals surface area contributed by atoms with E-state index < -0.39 is 0 Å². The summed E-state index contributed by atoms with van der Waals surface area (Å²) in [7, 11) is 3.41. The third-order valence-corrected chi connectivity index (χ3v) is 6.01. The van der Waals surface area contributed by atoms with Gasteiger partial charge in [-0.3, -0.25) is 20.4 Å². The lowest BCUT2D eigenvalue weighted by molar-refractivity contribution is -0.130. The molecule has 3 rings (SSSR count). The number of hydrazine groups is 1. The van der Waals surface area contributed by atoms with Crippen LogP contribution >= 0.6 is 11.3 Å². The Bertz CT molecular complexity index is 830. The number of rotatable bonds is 8. The topological polar surface area (TPSA) is 64.7 Å². The minimum atomic E-state index is -0.226. The summed E-state index contributed by atoms with van der Waals surface area (Å²) >= 11 is 1.37. The maximum atomic E-state index is 13.4. The normalized spacial score (nSPS) is 18.6. The minimum absolute atomic E-state index is 0.0676. The second kappa shape index (κ2) is 9.96. The van der Waals surface area contributed by atoms with Crippen LogP contribution in [-0.4, -0.2) is 54.8 Å². The molecular weight excluding hydrogens is 391 g/mol.